The molecule has 0 bridgehead atoms. The monoisotopic (exact) mass is 335 g/mol. The summed E-state index contributed by atoms with van der Waals surface area (Å²) in [6.07, 6.45) is 7.68. The molecule has 0 aliphatic rings. The highest BCUT2D eigenvalue weighted by atomic mass is 32.1. The van der Waals surface area contributed by atoms with Crippen molar-refractivity contribution in [2.45, 2.75) is 65.0 Å². The van der Waals surface area contributed by atoms with Crippen LogP contribution in [0.3, 0.4) is 0 Å². The molecule has 0 spiro atoms. The first-order valence-corrected chi connectivity index (χ1v) is 9.21. The molecule has 1 unspecified atom stereocenters. The number of fused-ring (bicyclic) bond motifs is 1. The van der Waals surface area contributed by atoms with E-state index in [-0.39, 0.29) is 17.5 Å². The Morgan fingerprint density at radius 1 is 1.39 bits per heavy atom. The second-order valence-electron chi connectivity index (χ2n) is 5.95. The van der Waals surface area contributed by atoms with Gasteiger partial charge in [0.2, 0.25) is 5.91 Å². The summed E-state index contributed by atoms with van der Waals surface area (Å²) >= 11 is 1.45. The van der Waals surface area contributed by atoms with E-state index < -0.39 is 0 Å². The van der Waals surface area contributed by atoms with Gasteiger partial charge in [0, 0.05) is 19.0 Å². The summed E-state index contributed by atoms with van der Waals surface area (Å²) in [6.45, 7) is 4.59. The molecule has 2 rings (SSSR count). The Balaban J connectivity index is 1.79. The average molecular weight is 335 g/mol. The Hall–Kier alpha value is -1.69. The van der Waals surface area contributed by atoms with E-state index in [1.807, 2.05) is 12.3 Å². The molecule has 0 aromatic carbocycles. The highest BCUT2D eigenvalue weighted by Gasteiger charge is 2.09. The number of rotatable bonds is 9. The van der Waals surface area contributed by atoms with Gasteiger partial charge in [0.15, 0.2) is 0 Å². The van der Waals surface area contributed by atoms with Gasteiger partial charge in [-0.3, -0.25) is 14.2 Å². The van der Waals surface area contributed by atoms with Crippen molar-refractivity contribution in [1.29, 1.82) is 0 Å². The highest BCUT2D eigenvalue weighted by Crippen LogP contribution is 2.13. The number of hydrogen-bond acceptors (Lipinski definition) is 4. The molecule has 1 N–H and O–H groups in total. The predicted octanol–water partition coefficient (Wildman–Crippen LogP) is 3.32. The lowest BCUT2D eigenvalue weighted by molar-refractivity contribution is -0.121. The molecular weight excluding hydrogens is 310 g/mol. The molecule has 0 radical (unpaired) electrons. The van der Waals surface area contributed by atoms with E-state index in [0.717, 1.165) is 17.7 Å². The number of hydrogen-bond donors (Lipinski definition) is 1. The largest absolute Gasteiger partial charge is 0.354 e. The lowest BCUT2D eigenvalue weighted by Gasteiger charge is -2.14. The zero-order valence-corrected chi connectivity index (χ0v) is 14.7. The summed E-state index contributed by atoms with van der Waals surface area (Å²) < 4.78 is 1.51. The van der Waals surface area contributed by atoms with Crippen LogP contribution in [-0.4, -0.2) is 21.5 Å². The van der Waals surface area contributed by atoms with Crippen LogP contribution in [0, 0.1) is 0 Å². The Morgan fingerprint density at radius 3 is 3.00 bits per heavy atom. The molecule has 5 nitrogen and oxygen atoms in total. The molecule has 126 valence electrons. The van der Waals surface area contributed by atoms with E-state index in [4.69, 9.17) is 0 Å². The van der Waals surface area contributed by atoms with Crippen molar-refractivity contribution in [3.05, 3.63) is 28.1 Å². The molecular formula is C17H25N3O2S. The number of thiophene rings is 1. The van der Waals surface area contributed by atoms with Crippen LogP contribution in [0.1, 0.15) is 52.4 Å². The molecule has 0 aliphatic heterocycles. The molecule has 0 aliphatic carbocycles. The molecule has 0 saturated heterocycles. The maximum atomic E-state index is 12.2. The maximum Gasteiger partial charge on any atom is 0.262 e. The number of carbonyl (C=O) groups is 1. The first-order chi connectivity index (χ1) is 11.1. The predicted molar refractivity (Wildman–Crippen MR) is 94.9 cm³/mol. The quantitative estimate of drug-likeness (QED) is 0.715. The van der Waals surface area contributed by atoms with E-state index >= 15 is 0 Å². The molecule has 2 aromatic heterocycles. The molecule has 2 heterocycles. The topological polar surface area (TPSA) is 64.0 Å². The van der Waals surface area contributed by atoms with E-state index in [9.17, 15) is 9.59 Å². The summed E-state index contributed by atoms with van der Waals surface area (Å²) in [4.78, 5) is 29.2. The van der Waals surface area contributed by atoms with Crippen LogP contribution in [0.25, 0.3) is 10.2 Å². The fraction of sp³-hybridized carbons (Fsp3) is 0.588. The SMILES string of the molecule is CCCCCCC(C)NC(=O)CCn1cnc2sccc2c1=O. The van der Waals surface area contributed by atoms with E-state index in [1.165, 1.54) is 41.5 Å². The third-order valence-corrected chi connectivity index (χ3v) is 4.75. The summed E-state index contributed by atoms with van der Waals surface area (Å²) in [5, 5.41) is 5.49. The van der Waals surface area contributed by atoms with Gasteiger partial charge in [-0.1, -0.05) is 32.6 Å². The van der Waals surface area contributed by atoms with Crippen molar-refractivity contribution in [2.75, 3.05) is 0 Å². The van der Waals surface area contributed by atoms with Gasteiger partial charge in [0.25, 0.3) is 5.56 Å². The molecule has 2 aromatic rings. The van der Waals surface area contributed by atoms with Crippen molar-refractivity contribution in [1.82, 2.24) is 14.9 Å². The number of nitrogens with one attached hydrogen (secondary N) is 1. The third kappa shape index (κ3) is 5.16. The van der Waals surface area contributed by atoms with Crippen LogP contribution in [0.15, 0.2) is 22.6 Å². The minimum absolute atomic E-state index is 0.00897. The van der Waals surface area contributed by atoms with Crippen LogP contribution < -0.4 is 10.9 Å². The number of carbonyl (C=O) groups excluding carboxylic acids is 1. The normalized spacial score (nSPS) is 12.4. The number of unbranched alkanes of at least 4 members (excludes halogenated alkanes) is 3. The first-order valence-electron chi connectivity index (χ1n) is 8.33. The Morgan fingerprint density at radius 2 is 2.22 bits per heavy atom. The maximum absolute atomic E-state index is 12.2. The van der Waals surface area contributed by atoms with E-state index in [2.05, 4.69) is 17.2 Å². The Labute approximate surface area is 140 Å². The average Bonchev–Trinajstić information content (AvgIpc) is 3.00. The van der Waals surface area contributed by atoms with Crippen LogP contribution >= 0.6 is 11.3 Å². The van der Waals surface area contributed by atoms with Crippen LogP contribution in [-0.2, 0) is 11.3 Å². The molecule has 6 heteroatoms. The van der Waals surface area contributed by atoms with Crippen LogP contribution in [0.4, 0.5) is 0 Å². The fourth-order valence-corrected chi connectivity index (χ4v) is 3.29. The van der Waals surface area contributed by atoms with Gasteiger partial charge in [-0.2, -0.15) is 0 Å². The first kappa shape index (κ1) is 17.7. The molecule has 0 fully saturated rings. The summed E-state index contributed by atoms with van der Waals surface area (Å²) in [7, 11) is 0. The number of nitrogens with zero attached hydrogens (tertiary/aromatic N) is 2. The van der Waals surface area contributed by atoms with Gasteiger partial charge in [-0.15, -0.1) is 11.3 Å². The summed E-state index contributed by atoms with van der Waals surface area (Å²) in [5.74, 6) is -0.00897. The summed E-state index contributed by atoms with van der Waals surface area (Å²) in [6, 6.07) is 1.97. The highest BCUT2D eigenvalue weighted by molar-refractivity contribution is 7.16. The van der Waals surface area contributed by atoms with E-state index in [1.54, 1.807) is 6.07 Å². The van der Waals surface area contributed by atoms with Crippen LogP contribution in [0.5, 0.6) is 0 Å². The molecule has 0 saturated carbocycles. The van der Waals surface area contributed by atoms with Crippen LogP contribution in [0.2, 0.25) is 0 Å². The van der Waals surface area contributed by atoms with Gasteiger partial charge in [-0.25, -0.2) is 4.98 Å². The zero-order valence-electron chi connectivity index (χ0n) is 13.9. The van der Waals surface area contributed by atoms with Gasteiger partial charge < -0.3 is 5.32 Å². The molecule has 23 heavy (non-hydrogen) atoms. The standard InChI is InChI=1S/C17H25N3O2S/c1-3-4-5-6-7-13(2)19-15(21)8-10-20-12-18-16-14(17(20)22)9-11-23-16/h9,11-13H,3-8,10H2,1-2H3,(H,19,21). The summed E-state index contributed by atoms with van der Waals surface area (Å²) in [5.41, 5.74) is -0.0725. The second-order valence-corrected chi connectivity index (χ2v) is 6.85. The molecule has 1 atom stereocenters. The minimum Gasteiger partial charge on any atom is -0.354 e. The minimum atomic E-state index is -0.0725. The number of amides is 1. The number of aromatic nitrogens is 2. The Kier molecular flexibility index (Phi) is 6.77. The lowest BCUT2D eigenvalue weighted by Crippen LogP contribution is -2.33. The van der Waals surface area contributed by atoms with Gasteiger partial charge in [0.05, 0.1) is 11.7 Å². The zero-order chi connectivity index (χ0) is 16.7. The van der Waals surface area contributed by atoms with Gasteiger partial charge in [0.1, 0.15) is 4.83 Å². The second kappa shape index (κ2) is 8.82. The molecule has 1 amide bonds. The smallest absolute Gasteiger partial charge is 0.262 e. The van der Waals surface area contributed by atoms with Crippen molar-refractivity contribution in [2.24, 2.45) is 0 Å². The van der Waals surface area contributed by atoms with Crippen molar-refractivity contribution >= 4 is 27.5 Å². The Bertz CT molecular complexity index is 692. The number of aryl methyl sites for hydroxylation is 1. The lowest BCUT2D eigenvalue weighted by atomic mass is 10.1. The van der Waals surface area contributed by atoms with Crippen molar-refractivity contribution in [3.63, 3.8) is 0 Å². The van der Waals surface area contributed by atoms with Crippen molar-refractivity contribution in [3.8, 4) is 0 Å². The van der Waals surface area contributed by atoms with Gasteiger partial charge >= 0.3 is 0 Å². The third-order valence-electron chi connectivity index (χ3n) is 3.93. The van der Waals surface area contributed by atoms with Crippen molar-refractivity contribution < 1.29 is 4.79 Å². The van der Waals surface area contributed by atoms with E-state index in [0.29, 0.717) is 18.4 Å². The van der Waals surface area contributed by atoms with Gasteiger partial charge in [-0.05, 0) is 24.8 Å². The fourth-order valence-electron chi connectivity index (χ4n) is 2.57.